The van der Waals surface area contributed by atoms with Gasteiger partial charge in [0.05, 0.1) is 16.7 Å². The number of halogens is 1. The van der Waals surface area contributed by atoms with Gasteiger partial charge in [-0.3, -0.25) is 0 Å². The third-order valence-corrected chi connectivity index (χ3v) is 7.66. The first kappa shape index (κ1) is 22.3. The lowest BCUT2D eigenvalue weighted by molar-refractivity contribution is -0.413. The minimum Gasteiger partial charge on any atom is -0.490 e. The molecule has 3 rings (SSSR count). The molecule has 0 saturated heterocycles. The average molecular weight is 446 g/mol. The summed E-state index contributed by atoms with van der Waals surface area (Å²) >= 11 is 6.06. The van der Waals surface area contributed by atoms with Crippen molar-refractivity contribution < 1.29 is 17.1 Å². The summed E-state index contributed by atoms with van der Waals surface area (Å²) in [5.74, 6) is 0.964. The van der Waals surface area contributed by atoms with Crippen LogP contribution >= 0.6 is 11.6 Å². The van der Waals surface area contributed by atoms with E-state index in [0.29, 0.717) is 35.1 Å². The van der Waals surface area contributed by atoms with Crippen LogP contribution in [-0.4, -0.2) is 31.3 Å². The molecular formula is C23H26ClN2O3S+. The highest BCUT2D eigenvalue weighted by Crippen LogP contribution is 2.29. The summed E-state index contributed by atoms with van der Waals surface area (Å²) in [6.07, 6.45) is 2.75. The zero-order chi connectivity index (χ0) is 21.9. The number of nitrogens with zero attached hydrogens (tertiary/aromatic N) is 2. The Morgan fingerprint density at radius 3 is 2.30 bits per heavy atom. The van der Waals surface area contributed by atoms with Gasteiger partial charge in [-0.15, -0.1) is 3.98 Å². The molecule has 0 unspecified atom stereocenters. The molecule has 0 aromatic heterocycles. The Kier molecular flexibility index (Phi) is 6.84. The number of nitriles is 1. The van der Waals surface area contributed by atoms with Crippen molar-refractivity contribution in [2.24, 2.45) is 0 Å². The molecule has 1 saturated carbocycles. The monoisotopic (exact) mass is 445 g/mol. The Balaban J connectivity index is 1.62. The molecule has 2 aromatic rings. The SMILES string of the molecule is C=[N+]([C@H]1CC[C@H](Oc2ccc(C#N)c(Cl)c2)CC1)S(=O)(=O)c1ccc(C(C)C)cc1. The van der Waals surface area contributed by atoms with Gasteiger partial charge in [-0.2, -0.15) is 13.7 Å². The van der Waals surface area contributed by atoms with E-state index in [-0.39, 0.29) is 17.0 Å². The second kappa shape index (κ2) is 9.20. The fourth-order valence-electron chi connectivity index (χ4n) is 3.66. The molecule has 1 fully saturated rings. The summed E-state index contributed by atoms with van der Waals surface area (Å²) in [5.41, 5.74) is 1.51. The van der Waals surface area contributed by atoms with Crippen LogP contribution in [0.1, 0.15) is 56.6 Å². The van der Waals surface area contributed by atoms with Gasteiger partial charge in [-0.1, -0.05) is 37.6 Å². The normalized spacial score (nSPS) is 19.3. The summed E-state index contributed by atoms with van der Waals surface area (Å²) in [4.78, 5) is 0.271. The van der Waals surface area contributed by atoms with Crippen LogP contribution in [0.2, 0.25) is 5.02 Å². The fraction of sp³-hybridized carbons (Fsp3) is 0.391. The summed E-state index contributed by atoms with van der Waals surface area (Å²) in [6, 6.07) is 13.9. The van der Waals surface area contributed by atoms with Crippen molar-refractivity contribution in [3.8, 4) is 11.8 Å². The number of rotatable bonds is 6. The van der Waals surface area contributed by atoms with Gasteiger partial charge < -0.3 is 4.74 Å². The van der Waals surface area contributed by atoms with Crippen LogP contribution in [-0.2, 0) is 10.0 Å². The molecule has 1 aliphatic carbocycles. The van der Waals surface area contributed by atoms with Crippen molar-refractivity contribution in [2.75, 3.05) is 0 Å². The maximum Gasteiger partial charge on any atom is 0.394 e. The maximum atomic E-state index is 13.0. The van der Waals surface area contributed by atoms with Crippen molar-refractivity contribution in [1.29, 1.82) is 5.26 Å². The smallest absolute Gasteiger partial charge is 0.394 e. The predicted octanol–water partition coefficient (Wildman–Crippen LogP) is 5.13. The molecular weight excluding hydrogens is 420 g/mol. The molecule has 0 bridgehead atoms. The number of hydrogen-bond acceptors (Lipinski definition) is 4. The average Bonchev–Trinajstić information content (AvgIpc) is 2.74. The second-order valence-corrected chi connectivity index (χ2v) is 10.2. The Hall–Kier alpha value is -2.36. The lowest BCUT2D eigenvalue weighted by Crippen LogP contribution is -2.36. The molecule has 0 heterocycles. The van der Waals surface area contributed by atoms with Crippen LogP contribution in [0.25, 0.3) is 0 Å². The molecule has 5 nitrogen and oxygen atoms in total. The van der Waals surface area contributed by atoms with Crippen LogP contribution in [0.4, 0.5) is 0 Å². The molecule has 0 atom stereocenters. The molecule has 0 N–H and O–H groups in total. The topological polar surface area (TPSA) is 70.2 Å². The van der Waals surface area contributed by atoms with E-state index < -0.39 is 10.0 Å². The van der Waals surface area contributed by atoms with Gasteiger partial charge in [0.2, 0.25) is 0 Å². The van der Waals surface area contributed by atoms with Gasteiger partial charge in [-0.05, 0) is 48.6 Å². The zero-order valence-corrected chi connectivity index (χ0v) is 18.8. The Bertz CT molecular complexity index is 1060. The molecule has 0 amide bonds. The minimum absolute atomic E-state index is 0.0216. The molecule has 1 aliphatic rings. The first-order valence-corrected chi connectivity index (χ1v) is 11.9. The van der Waals surface area contributed by atoms with E-state index in [1.54, 1.807) is 30.3 Å². The van der Waals surface area contributed by atoms with Crippen molar-refractivity contribution in [1.82, 2.24) is 0 Å². The van der Waals surface area contributed by atoms with Gasteiger partial charge >= 0.3 is 10.0 Å². The van der Waals surface area contributed by atoms with Gasteiger partial charge in [-0.25, -0.2) is 0 Å². The van der Waals surface area contributed by atoms with Gasteiger partial charge in [0.15, 0.2) is 6.04 Å². The van der Waals surface area contributed by atoms with Crippen LogP contribution in [0.5, 0.6) is 5.75 Å². The minimum atomic E-state index is -3.64. The van der Waals surface area contributed by atoms with Gasteiger partial charge in [0.25, 0.3) is 0 Å². The van der Waals surface area contributed by atoms with E-state index in [0.717, 1.165) is 18.4 Å². The van der Waals surface area contributed by atoms with E-state index in [4.69, 9.17) is 21.6 Å². The quantitative estimate of drug-likeness (QED) is 0.456. The third-order valence-electron chi connectivity index (χ3n) is 5.57. The zero-order valence-electron chi connectivity index (χ0n) is 17.2. The van der Waals surface area contributed by atoms with Gasteiger partial charge in [0, 0.05) is 18.9 Å². The van der Waals surface area contributed by atoms with Crippen LogP contribution in [0.3, 0.4) is 0 Å². The third kappa shape index (κ3) is 4.85. The fourth-order valence-corrected chi connectivity index (χ4v) is 5.23. The maximum absolute atomic E-state index is 13.0. The summed E-state index contributed by atoms with van der Waals surface area (Å²) in [5, 5.41) is 9.33. The Labute approximate surface area is 183 Å². The van der Waals surface area contributed by atoms with Crippen molar-refractivity contribution in [3.63, 3.8) is 0 Å². The molecule has 0 radical (unpaired) electrons. The van der Waals surface area contributed by atoms with E-state index in [1.807, 2.05) is 18.2 Å². The Morgan fingerprint density at radius 1 is 1.13 bits per heavy atom. The largest absolute Gasteiger partial charge is 0.490 e. The molecule has 0 spiro atoms. The van der Waals surface area contributed by atoms with Crippen molar-refractivity contribution >= 4 is 28.3 Å². The van der Waals surface area contributed by atoms with E-state index in [2.05, 4.69) is 20.6 Å². The number of ether oxygens (including phenoxy) is 1. The summed E-state index contributed by atoms with van der Waals surface area (Å²) in [7, 11) is -3.64. The summed E-state index contributed by atoms with van der Waals surface area (Å²) < 4.78 is 33.2. The standard InChI is InChI=1S/C23H26ClN2O3S/c1-16(2)17-5-12-22(13-6-17)30(27,28)26(3)19-7-10-20(11-8-19)29-21-9-4-18(15-25)23(24)14-21/h4-6,9,12-14,16,19-20H,3,7-8,10-11H2,1-2H3/q+1/t19-,20-. The lowest BCUT2D eigenvalue weighted by Gasteiger charge is -2.26. The van der Waals surface area contributed by atoms with E-state index >= 15 is 0 Å². The molecule has 0 aliphatic heterocycles. The van der Waals surface area contributed by atoms with Crippen molar-refractivity contribution in [2.45, 2.75) is 62.5 Å². The van der Waals surface area contributed by atoms with Crippen LogP contribution in [0.15, 0.2) is 47.4 Å². The number of hydrogen-bond donors (Lipinski definition) is 0. The lowest BCUT2D eigenvalue weighted by atomic mass is 9.93. The molecule has 2 aromatic carbocycles. The highest BCUT2D eigenvalue weighted by Gasteiger charge is 2.36. The van der Waals surface area contributed by atoms with Crippen LogP contribution < -0.4 is 4.74 Å². The highest BCUT2D eigenvalue weighted by molar-refractivity contribution is 7.85. The van der Waals surface area contributed by atoms with Gasteiger partial charge in [0.1, 0.15) is 23.4 Å². The van der Waals surface area contributed by atoms with Crippen molar-refractivity contribution in [3.05, 3.63) is 58.6 Å². The molecule has 7 heteroatoms. The first-order valence-electron chi connectivity index (χ1n) is 10.0. The Morgan fingerprint density at radius 2 is 1.77 bits per heavy atom. The highest BCUT2D eigenvalue weighted by atomic mass is 35.5. The molecule has 158 valence electrons. The predicted molar refractivity (Wildman–Crippen MR) is 118 cm³/mol. The number of benzene rings is 2. The summed E-state index contributed by atoms with van der Waals surface area (Å²) in [6.45, 7) is 8.01. The number of sulfonamides is 1. The first-order chi connectivity index (χ1) is 14.2. The van der Waals surface area contributed by atoms with E-state index in [9.17, 15) is 8.42 Å². The van der Waals surface area contributed by atoms with E-state index in [1.165, 1.54) is 3.98 Å². The second-order valence-electron chi connectivity index (χ2n) is 7.92. The van der Waals surface area contributed by atoms with Crippen LogP contribution in [0, 0.1) is 11.3 Å². The molecule has 30 heavy (non-hydrogen) atoms.